The van der Waals surface area contributed by atoms with Gasteiger partial charge in [-0.15, -0.1) is 0 Å². The van der Waals surface area contributed by atoms with Crippen molar-refractivity contribution in [1.29, 1.82) is 0 Å². The van der Waals surface area contributed by atoms with Gasteiger partial charge in [-0.25, -0.2) is 14.4 Å². The van der Waals surface area contributed by atoms with Crippen molar-refractivity contribution in [2.45, 2.75) is 26.4 Å². The SMILES string of the molecule is COC(=O)/C=C1/C(=O)OCCN1C(=O)OC(C)(C)C. The highest BCUT2D eigenvalue weighted by molar-refractivity contribution is 5.99. The van der Waals surface area contributed by atoms with Crippen LogP contribution in [0.25, 0.3) is 0 Å². The zero-order valence-electron chi connectivity index (χ0n) is 11.4. The van der Waals surface area contributed by atoms with Crippen LogP contribution < -0.4 is 0 Å². The summed E-state index contributed by atoms with van der Waals surface area (Å²) in [5, 5.41) is 0. The maximum atomic E-state index is 11.9. The summed E-state index contributed by atoms with van der Waals surface area (Å²) < 4.78 is 14.4. The number of esters is 2. The number of carbonyl (C=O) groups excluding carboxylic acids is 3. The summed E-state index contributed by atoms with van der Waals surface area (Å²) in [5.74, 6) is -1.51. The third-order valence-electron chi connectivity index (χ3n) is 2.12. The molecule has 0 saturated carbocycles. The van der Waals surface area contributed by atoms with Crippen LogP contribution in [0.5, 0.6) is 0 Å². The van der Waals surface area contributed by atoms with Gasteiger partial charge in [0.15, 0.2) is 0 Å². The van der Waals surface area contributed by atoms with Crippen molar-refractivity contribution >= 4 is 18.0 Å². The molecule has 106 valence electrons. The fourth-order valence-corrected chi connectivity index (χ4v) is 1.35. The number of rotatable bonds is 1. The Morgan fingerprint density at radius 2 is 2.00 bits per heavy atom. The van der Waals surface area contributed by atoms with E-state index in [2.05, 4.69) is 4.74 Å². The Kier molecular flexibility index (Phi) is 4.52. The molecule has 0 N–H and O–H groups in total. The average Bonchev–Trinajstić information content (AvgIpc) is 2.29. The topological polar surface area (TPSA) is 82.1 Å². The van der Waals surface area contributed by atoms with Gasteiger partial charge >= 0.3 is 18.0 Å². The van der Waals surface area contributed by atoms with Gasteiger partial charge in [-0.1, -0.05) is 0 Å². The first-order valence-corrected chi connectivity index (χ1v) is 5.72. The molecule has 0 spiro atoms. The zero-order chi connectivity index (χ0) is 14.6. The summed E-state index contributed by atoms with van der Waals surface area (Å²) in [5.41, 5.74) is -0.887. The van der Waals surface area contributed by atoms with Crippen molar-refractivity contribution in [1.82, 2.24) is 4.90 Å². The van der Waals surface area contributed by atoms with Gasteiger partial charge in [0.1, 0.15) is 17.9 Å². The number of hydrogen-bond acceptors (Lipinski definition) is 6. The molecule has 1 fully saturated rings. The number of carbonyl (C=O) groups is 3. The quantitative estimate of drug-likeness (QED) is 0.399. The second kappa shape index (κ2) is 5.73. The maximum Gasteiger partial charge on any atom is 0.415 e. The normalized spacial score (nSPS) is 18.0. The van der Waals surface area contributed by atoms with Crippen molar-refractivity contribution in [2.75, 3.05) is 20.3 Å². The van der Waals surface area contributed by atoms with Gasteiger partial charge in [0.25, 0.3) is 0 Å². The molecule has 1 heterocycles. The van der Waals surface area contributed by atoms with E-state index in [1.165, 1.54) is 7.11 Å². The largest absolute Gasteiger partial charge is 0.466 e. The molecule has 19 heavy (non-hydrogen) atoms. The lowest BCUT2D eigenvalue weighted by Crippen LogP contribution is -2.44. The molecular formula is C12H17NO6. The minimum absolute atomic E-state index is 0.0522. The smallest absolute Gasteiger partial charge is 0.415 e. The Morgan fingerprint density at radius 1 is 1.37 bits per heavy atom. The van der Waals surface area contributed by atoms with Crippen LogP contribution in [0.1, 0.15) is 20.8 Å². The molecule has 0 aliphatic carbocycles. The monoisotopic (exact) mass is 271 g/mol. The molecule has 0 atom stereocenters. The fraction of sp³-hybridized carbons (Fsp3) is 0.583. The molecule has 0 aromatic carbocycles. The van der Waals surface area contributed by atoms with E-state index in [-0.39, 0.29) is 18.8 Å². The van der Waals surface area contributed by atoms with Crippen molar-refractivity contribution in [2.24, 2.45) is 0 Å². The summed E-state index contributed by atoms with van der Waals surface area (Å²) in [7, 11) is 1.17. The summed E-state index contributed by atoms with van der Waals surface area (Å²) in [4.78, 5) is 35.8. The van der Waals surface area contributed by atoms with Gasteiger partial charge in [0.05, 0.1) is 19.7 Å². The molecule has 1 amide bonds. The highest BCUT2D eigenvalue weighted by Crippen LogP contribution is 2.17. The van der Waals surface area contributed by atoms with E-state index in [0.29, 0.717) is 0 Å². The predicted octanol–water partition coefficient (Wildman–Crippen LogP) is 0.837. The molecule has 7 heteroatoms. The van der Waals surface area contributed by atoms with Crippen molar-refractivity contribution in [3.63, 3.8) is 0 Å². The summed E-state index contributed by atoms with van der Waals surface area (Å²) in [6.07, 6.45) is 0.199. The minimum atomic E-state index is -0.762. The number of ether oxygens (including phenoxy) is 3. The Balaban J connectivity index is 2.95. The molecule has 7 nitrogen and oxygen atoms in total. The van der Waals surface area contributed by atoms with Gasteiger partial charge in [-0.3, -0.25) is 4.90 Å². The van der Waals surface area contributed by atoms with Gasteiger partial charge < -0.3 is 14.2 Å². The summed E-state index contributed by atoms with van der Waals surface area (Å²) in [6.45, 7) is 5.30. The molecular weight excluding hydrogens is 254 g/mol. The highest BCUT2D eigenvalue weighted by atomic mass is 16.6. The van der Waals surface area contributed by atoms with Crippen LogP contribution in [0.2, 0.25) is 0 Å². The van der Waals surface area contributed by atoms with E-state index >= 15 is 0 Å². The average molecular weight is 271 g/mol. The molecule has 0 aromatic heterocycles. The van der Waals surface area contributed by atoms with E-state index < -0.39 is 23.6 Å². The van der Waals surface area contributed by atoms with Crippen LogP contribution in [0, 0.1) is 0 Å². The lowest BCUT2D eigenvalue weighted by atomic mass is 10.2. The highest BCUT2D eigenvalue weighted by Gasteiger charge is 2.33. The van der Waals surface area contributed by atoms with Gasteiger partial charge in [0.2, 0.25) is 0 Å². The van der Waals surface area contributed by atoms with Crippen molar-refractivity contribution in [3.8, 4) is 0 Å². The van der Waals surface area contributed by atoms with E-state index in [4.69, 9.17) is 9.47 Å². The van der Waals surface area contributed by atoms with Crippen LogP contribution in [-0.2, 0) is 23.8 Å². The predicted molar refractivity (Wildman–Crippen MR) is 64.0 cm³/mol. The Bertz CT molecular complexity index is 420. The van der Waals surface area contributed by atoms with Gasteiger partial charge in [-0.05, 0) is 20.8 Å². The second-order valence-corrected chi connectivity index (χ2v) is 4.82. The lowest BCUT2D eigenvalue weighted by Gasteiger charge is -2.30. The third kappa shape index (κ3) is 4.27. The Labute approximate surface area is 111 Å². The maximum absolute atomic E-state index is 11.9. The van der Waals surface area contributed by atoms with E-state index in [9.17, 15) is 14.4 Å². The van der Waals surface area contributed by atoms with Crippen LogP contribution in [0.3, 0.4) is 0 Å². The Hall–Kier alpha value is -2.05. The molecule has 1 aliphatic heterocycles. The third-order valence-corrected chi connectivity index (χ3v) is 2.12. The van der Waals surface area contributed by atoms with Crippen molar-refractivity contribution in [3.05, 3.63) is 11.8 Å². The molecule has 0 aromatic rings. The number of cyclic esters (lactones) is 1. The second-order valence-electron chi connectivity index (χ2n) is 4.82. The summed E-state index contributed by atoms with van der Waals surface area (Å²) >= 11 is 0. The molecule has 0 bridgehead atoms. The molecule has 1 rings (SSSR count). The fourth-order valence-electron chi connectivity index (χ4n) is 1.35. The Morgan fingerprint density at radius 3 is 2.53 bits per heavy atom. The zero-order valence-corrected chi connectivity index (χ0v) is 11.4. The van der Waals surface area contributed by atoms with Crippen LogP contribution in [0.15, 0.2) is 11.8 Å². The number of hydrogen-bond donors (Lipinski definition) is 0. The van der Waals surface area contributed by atoms with E-state index in [1.54, 1.807) is 20.8 Å². The van der Waals surface area contributed by atoms with E-state index in [0.717, 1.165) is 11.0 Å². The molecule has 1 aliphatic rings. The van der Waals surface area contributed by atoms with Gasteiger partial charge in [0, 0.05) is 0 Å². The number of nitrogens with zero attached hydrogens (tertiary/aromatic N) is 1. The van der Waals surface area contributed by atoms with Gasteiger partial charge in [-0.2, -0.15) is 0 Å². The first-order valence-electron chi connectivity index (χ1n) is 5.72. The van der Waals surface area contributed by atoms with Crippen LogP contribution in [0.4, 0.5) is 4.79 Å². The van der Waals surface area contributed by atoms with E-state index in [1.807, 2.05) is 0 Å². The molecule has 0 unspecified atom stereocenters. The standard InChI is InChI=1S/C12H17NO6/c1-12(2,3)19-11(16)13-5-6-18-10(15)8(13)7-9(14)17-4/h7H,5-6H2,1-4H3/b8-7-. The van der Waals surface area contributed by atoms with Crippen molar-refractivity contribution < 1.29 is 28.6 Å². The molecule has 0 radical (unpaired) electrons. The lowest BCUT2D eigenvalue weighted by molar-refractivity contribution is -0.146. The number of amides is 1. The number of morpholine rings is 1. The number of methoxy groups -OCH3 is 1. The summed E-state index contributed by atoms with van der Waals surface area (Å²) in [6, 6.07) is 0. The van der Waals surface area contributed by atoms with Crippen LogP contribution >= 0.6 is 0 Å². The molecule has 1 saturated heterocycles. The minimum Gasteiger partial charge on any atom is -0.466 e. The first-order chi connectivity index (χ1) is 8.74. The first kappa shape index (κ1) is 15.0. The van der Waals surface area contributed by atoms with Crippen LogP contribution in [-0.4, -0.2) is 48.8 Å².